The molecule has 2 aromatic carbocycles. The predicted molar refractivity (Wildman–Crippen MR) is 94.1 cm³/mol. The van der Waals surface area contributed by atoms with E-state index in [0.29, 0.717) is 33.6 Å². The average molecular weight is 365 g/mol. The lowest BCUT2D eigenvalue weighted by Crippen LogP contribution is -2.28. The molecule has 1 amide bonds. The molecule has 0 spiro atoms. The van der Waals surface area contributed by atoms with Crippen LogP contribution in [0.4, 0.5) is 5.69 Å². The molecule has 1 aliphatic heterocycles. The highest BCUT2D eigenvalue weighted by Crippen LogP contribution is 2.31. The van der Waals surface area contributed by atoms with Crippen molar-refractivity contribution in [3.05, 3.63) is 58.1 Å². The molecule has 1 N–H and O–H groups in total. The number of amides is 1. The van der Waals surface area contributed by atoms with E-state index in [1.54, 1.807) is 25.3 Å². The van der Waals surface area contributed by atoms with Crippen molar-refractivity contribution < 1.29 is 14.4 Å². The standard InChI is InChI=1S/C17H14Cl2N2O3/c1-23-14-8-3-2-5-10(14)13-9-15(24-21-13)17(22)20-16-11(18)6-4-7-12(16)19/h2-8,15H,9H2,1H3,(H,20,22). The van der Waals surface area contributed by atoms with E-state index in [9.17, 15) is 4.79 Å². The molecule has 2 aromatic rings. The Kier molecular flexibility index (Phi) is 4.92. The largest absolute Gasteiger partial charge is 0.496 e. The fourth-order valence-electron chi connectivity index (χ4n) is 2.38. The van der Waals surface area contributed by atoms with Gasteiger partial charge < -0.3 is 14.9 Å². The number of hydrogen-bond donors (Lipinski definition) is 1. The Morgan fingerprint density at radius 3 is 2.62 bits per heavy atom. The Morgan fingerprint density at radius 2 is 1.92 bits per heavy atom. The van der Waals surface area contributed by atoms with E-state index in [1.807, 2.05) is 24.3 Å². The van der Waals surface area contributed by atoms with Crippen molar-refractivity contribution in [2.75, 3.05) is 12.4 Å². The lowest BCUT2D eigenvalue weighted by atomic mass is 10.0. The number of oxime groups is 1. The molecule has 3 rings (SSSR count). The molecule has 5 nitrogen and oxygen atoms in total. The summed E-state index contributed by atoms with van der Waals surface area (Å²) >= 11 is 12.1. The molecule has 0 bridgehead atoms. The molecular formula is C17H14Cl2N2O3. The number of ether oxygens (including phenoxy) is 1. The van der Waals surface area contributed by atoms with Gasteiger partial charge in [0.05, 0.1) is 28.6 Å². The molecule has 1 heterocycles. The number of nitrogens with zero attached hydrogens (tertiary/aromatic N) is 1. The zero-order chi connectivity index (χ0) is 17.1. The van der Waals surface area contributed by atoms with E-state index in [2.05, 4.69) is 10.5 Å². The molecule has 1 aliphatic rings. The molecule has 0 saturated heterocycles. The van der Waals surface area contributed by atoms with Crippen molar-refractivity contribution in [2.45, 2.75) is 12.5 Å². The number of carbonyl (C=O) groups excluding carboxylic acids is 1. The first-order valence-corrected chi connectivity index (χ1v) is 7.96. The van der Waals surface area contributed by atoms with Gasteiger partial charge in [0.2, 0.25) is 6.10 Å². The maximum atomic E-state index is 12.4. The van der Waals surface area contributed by atoms with Crippen molar-refractivity contribution in [3.63, 3.8) is 0 Å². The first kappa shape index (κ1) is 16.6. The summed E-state index contributed by atoms with van der Waals surface area (Å²) in [5.41, 5.74) is 1.81. The molecule has 0 aromatic heterocycles. The van der Waals surface area contributed by atoms with Gasteiger partial charge in [0.15, 0.2) is 0 Å². The smallest absolute Gasteiger partial charge is 0.268 e. The molecule has 0 radical (unpaired) electrons. The van der Waals surface area contributed by atoms with Crippen LogP contribution >= 0.6 is 23.2 Å². The number of hydrogen-bond acceptors (Lipinski definition) is 4. The quantitative estimate of drug-likeness (QED) is 0.886. The van der Waals surface area contributed by atoms with Crippen LogP contribution in [0.3, 0.4) is 0 Å². The Hall–Kier alpha value is -2.24. The molecule has 0 aliphatic carbocycles. The summed E-state index contributed by atoms with van der Waals surface area (Å²) in [5.74, 6) is 0.314. The monoisotopic (exact) mass is 364 g/mol. The highest BCUT2D eigenvalue weighted by Gasteiger charge is 2.30. The third kappa shape index (κ3) is 3.32. The van der Waals surface area contributed by atoms with Crippen LogP contribution in [0.1, 0.15) is 12.0 Å². The summed E-state index contributed by atoms with van der Waals surface area (Å²) in [6.45, 7) is 0. The SMILES string of the molecule is COc1ccccc1C1=NOC(C(=O)Nc2c(Cl)cccc2Cl)C1. The zero-order valence-electron chi connectivity index (χ0n) is 12.8. The number of rotatable bonds is 4. The van der Waals surface area contributed by atoms with Gasteiger partial charge in [-0.05, 0) is 24.3 Å². The predicted octanol–water partition coefficient (Wildman–Crippen LogP) is 4.13. The topological polar surface area (TPSA) is 59.9 Å². The van der Waals surface area contributed by atoms with Crippen molar-refractivity contribution in [2.24, 2.45) is 5.16 Å². The maximum Gasteiger partial charge on any atom is 0.268 e. The number of carbonyl (C=O) groups is 1. The highest BCUT2D eigenvalue weighted by atomic mass is 35.5. The number of para-hydroxylation sites is 2. The van der Waals surface area contributed by atoms with Gasteiger partial charge in [0, 0.05) is 12.0 Å². The Morgan fingerprint density at radius 1 is 1.21 bits per heavy atom. The fourth-order valence-corrected chi connectivity index (χ4v) is 2.87. The fraction of sp³-hybridized carbons (Fsp3) is 0.176. The third-order valence-corrected chi connectivity index (χ3v) is 4.22. The number of halogens is 2. The number of benzene rings is 2. The second kappa shape index (κ2) is 7.11. The second-order valence-electron chi connectivity index (χ2n) is 5.12. The van der Waals surface area contributed by atoms with E-state index >= 15 is 0 Å². The minimum atomic E-state index is -0.753. The molecule has 7 heteroatoms. The van der Waals surface area contributed by atoms with Crippen LogP contribution < -0.4 is 10.1 Å². The lowest BCUT2D eigenvalue weighted by molar-refractivity contribution is -0.125. The zero-order valence-corrected chi connectivity index (χ0v) is 14.3. The van der Waals surface area contributed by atoms with Crippen molar-refractivity contribution >= 4 is 40.5 Å². The summed E-state index contributed by atoms with van der Waals surface area (Å²) in [4.78, 5) is 17.7. The Balaban J connectivity index is 1.72. The van der Waals surface area contributed by atoms with Gasteiger partial charge in [0.1, 0.15) is 5.75 Å². The van der Waals surface area contributed by atoms with Crippen molar-refractivity contribution in [1.82, 2.24) is 0 Å². The first-order chi connectivity index (χ1) is 11.6. The van der Waals surface area contributed by atoms with Crippen LogP contribution in [0.2, 0.25) is 10.0 Å². The minimum Gasteiger partial charge on any atom is -0.496 e. The summed E-state index contributed by atoms with van der Waals surface area (Å²) < 4.78 is 5.31. The van der Waals surface area contributed by atoms with Gasteiger partial charge in [-0.15, -0.1) is 0 Å². The van der Waals surface area contributed by atoms with Crippen LogP contribution in [0, 0.1) is 0 Å². The first-order valence-electron chi connectivity index (χ1n) is 7.21. The van der Waals surface area contributed by atoms with E-state index in [4.69, 9.17) is 32.8 Å². The Labute approximate surface area is 149 Å². The van der Waals surface area contributed by atoms with Gasteiger partial charge >= 0.3 is 0 Å². The maximum absolute atomic E-state index is 12.4. The van der Waals surface area contributed by atoms with Crippen molar-refractivity contribution in [3.8, 4) is 5.75 Å². The van der Waals surface area contributed by atoms with Crippen molar-refractivity contribution in [1.29, 1.82) is 0 Å². The van der Waals surface area contributed by atoms with Gasteiger partial charge in [-0.1, -0.05) is 46.6 Å². The Bertz CT molecular complexity index is 788. The number of methoxy groups -OCH3 is 1. The normalized spacial score (nSPS) is 16.3. The van der Waals surface area contributed by atoms with Gasteiger partial charge in [-0.25, -0.2) is 0 Å². The molecule has 0 saturated carbocycles. The highest BCUT2D eigenvalue weighted by molar-refractivity contribution is 6.39. The van der Waals surface area contributed by atoms with Crippen LogP contribution in [0.25, 0.3) is 0 Å². The van der Waals surface area contributed by atoms with Crippen LogP contribution in [0.15, 0.2) is 47.6 Å². The van der Waals surface area contributed by atoms with Gasteiger partial charge in [-0.3, -0.25) is 4.79 Å². The number of anilines is 1. The second-order valence-corrected chi connectivity index (χ2v) is 5.94. The van der Waals surface area contributed by atoms with E-state index in [-0.39, 0.29) is 5.91 Å². The molecular weight excluding hydrogens is 351 g/mol. The number of nitrogens with one attached hydrogen (secondary N) is 1. The molecule has 24 heavy (non-hydrogen) atoms. The molecule has 1 unspecified atom stereocenters. The summed E-state index contributed by atoms with van der Waals surface area (Å²) in [6.07, 6.45) is -0.425. The molecule has 0 fully saturated rings. The summed E-state index contributed by atoms with van der Waals surface area (Å²) in [5, 5.41) is 7.42. The summed E-state index contributed by atoms with van der Waals surface area (Å²) in [7, 11) is 1.58. The molecule has 124 valence electrons. The van der Waals surface area contributed by atoms with Crippen LogP contribution in [-0.2, 0) is 9.63 Å². The average Bonchev–Trinajstić information content (AvgIpc) is 3.08. The minimum absolute atomic E-state index is 0.328. The molecule has 1 atom stereocenters. The lowest BCUT2D eigenvalue weighted by Gasteiger charge is -2.12. The van der Waals surface area contributed by atoms with Gasteiger partial charge in [-0.2, -0.15) is 0 Å². The van der Waals surface area contributed by atoms with E-state index in [1.165, 1.54) is 0 Å². The van der Waals surface area contributed by atoms with Crippen LogP contribution in [-0.4, -0.2) is 24.8 Å². The van der Waals surface area contributed by atoms with Crippen LogP contribution in [0.5, 0.6) is 5.75 Å². The third-order valence-electron chi connectivity index (χ3n) is 3.59. The van der Waals surface area contributed by atoms with Gasteiger partial charge in [0.25, 0.3) is 5.91 Å². The van der Waals surface area contributed by atoms with E-state index < -0.39 is 6.10 Å². The summed E-state index contributed by atoms with van der Waals surface area (Å²) in [6, 6.07) is 12.4. The van der Waals surface area contributed by atoms with E-state index in [0.717, 1.165) is 5.56 Å².